The lowest BCUT2D eigenvalue weighted by Crippen LogP contribution is -2.33. The summed E-state index contributed by atoms with van der Waals surface area (Å²) in [7, 11) is -4.36. The van der Waals surface area contributed by atoms with Crippen LogP contribution in [0, 0.1) is 15.9 Å². The Kier molecular flexibility index (Phi) is 5.80. The summed E-state index contributed by atoms with van der Waals surface area (Å²) in [4.78, 5) is 10.1. The predicted octanol–water partition coefficient (Wildman–Crippen LogP) is 4.53. The average Bonchev–Trinajstić information content (AvgIpc) is 3.18. The molecule has 3 rings (SSSR count). The van der Waals surface area contributed by atoms with Gasteiger partial charge in [0, 0.05) is 17.1 Å². The highest BCUT2D eigenvalue weighted by Crippen LogP contribution is 2.34. The number of nitro benzene ring substituents is 1. The van der Waals surface area contributed by atoms with Crippen LogP contribution in [0.25, 0.3) is 0 Å². The maximum absolute atomic E-state index is 13.9. The molecule has 3 aromatic rings. The van der Waals surface area contributed by atoms with Gasteiger partial charge >= 0.3 is 0 Å². The van der Waals surface area contributed by atoms with Crippen LogP contribution >= 0.6 is 15.9 Å². The Morgan fingerprint density at radius 3 is 2.61 bits per heavy atom. The molecule has 7 nitrogen and oxygen atoms in total. The molecule has 0 unspecified atom stereocenters. The van der Waals surface area contributed by atoms with E-state index < -0.39 is 31.3 Å². The molecular formula is C18H14BrFN2O5S. The molecule has 0 atom stereocenters. The fourth-order valence-electron chi connectivity index (χ4n) is 2.66. The van der Waals surface area contributed by atoms with Gasteiger partial charge in [-0.3, -0.25) is 14.4 Å². The summed E-state index contributed by atoms with van der Waals surface area (Å²) in [5, 5.41) is 11.3. The fourth-order valence-corrected chi connectivity index (χ4v) is 4.87. The van der Waals surface area contributed by atoms with Gasteiger partial charge in [0.25, 0.3) is 15.7 Å². The normalized spacial score (nSPS) is 11.4. The van der Waals surface area contributed by atoms with Crippen molar-refractivity contribution >= 4 is 37.3 Å². The van der Waals surface area contributed by atoms with Crippen molar-refractivity contribution in [3.63, 3.8) is 0 Å². The second-order valence-corrected chi connectivity index (χ2v) is 8.46. The third-order valence-electron chi connectivity index (χ3n) is 3.99. The van der Waals surface area contributed by atoms with Crippen LogP contribution in [0.5, 0.6) is 0 Å². The van der Waals surface area contributed by atoms with E-state index in [2.05, 4.69) is 15.9 Å². The zero-order chi connectivity index (χ0) is 20.3. The van der Waals surface area contributed by atoms with E-state index in [0.29, 0.717) is 4.47 Å². The van der Waals surface area contributed by atoms with Gasteiger partial charge in [0.05, 0.1) is 23.1 Å². The molecule has 0 saturated heterocycles. The van der Waals surface area contributed by atoms with Gasteiger partial charge in [-0.2, -0.15) is 0 Å². The molecule has 10 heteroatoms. The average molecular weight is 469 g/mol. The van der Waals surface area contributed by atoms with Crippen LogP contribution in [0.15, 0.2) is 74.8 Å². The first-order valence-electron chi connectivity index (χ1n) is 8.03. The molecular weight excluding hydrogens is 455 g/mol. The minimum absolute atomic E-state index is 0.0432. The Balaban J connectivity index is 2.12. The molecule has 2 aromatic carbocycles. The monoisotopic (exact) mass is 468 g/mol. The standard InChI is InChI=1S/C18H14BrFN2O5S/c19-15-6-5-14(20)11-17(15)21(9-7-13-8-10-27-12-13)28(25,26)18-4-2-1-3-16(18)22(23)24/h1-6,8,10-12H,7,9H2. The predicted molar refractivity (Wildman–Crippen MR) is 104 cm³/mol. The maximum atomic E-state index is 13.9. The highest BCUT2D eigenvalue weighted by atomic mass is 79.9. The number of nitro groups is 1. The van der Waals surface area contributed by atoms with Gasteiger partial charge in [-0.15, -0.1) is 0 Å². The lowest BCUT2D eigenvalue weighted by molar-refractivity contribution is -0.387. The Bertz CT molecular complexity index is 1100. The van der Waals surface area contributed by atoms with Crippen molar-refractivity contribution in [2.75, 3.05) is 10.8 Å². The topological polar surface area (TPSA) is 93.7 Å². The lowest BCUT2D eigenvalue weighted by atomic mass is 10.2. The largest absolute Gasteiger partial charge is 0.472 e. The second kappa shape index (κ2) is 8.11. The minimum atomic E-state index is -4.36. The number of benzene rings is 2. The molecule has 0 spiro atoms. The fraction of sp³-hybridized carbons (Fsp3) is 0.111. The first kappa shape index (κ1) is 20.0. The van der Waals surface area contributed by atoms with Gasteiger partial charge in [-0.1, -0.05) is 12.1 Å². The van der Waals surface area contributed by atoms with Gasteiger partial charge in [0.2, 0.25) is 0 Å². The van der Waals surface area contributed by atoms with Crippen molar-refractivity contribution in [1.29, 1.82) is 0 Å². The highest BCUT2D eigenvalue weighted by Gasteiger charge is 2.32. The molecule has 0 aliphatic carbocycles. The molecule has 146 valence electrons. The van der Waals surface area contributed by atoms with Crippen LogP contribution < -0.4 is 4.31 Å². The van der Waals surface area contributed by atoms with Gasteiger partial charge in [-0.25, -0.2) is 12.8 Å². The molecule has 0 aliphatic rings. The summed E-state index contributed by atoms with van der Waals surface area (Å²) < 4.78 is 46.8. The summed E-state index contributed by atoms with van der Waals surface area (Å²) >= 11 is 3.24. The summed E-state index contributed by atoms with van der Waals surface area (Å²) in [6, 6.07) is 10.3. The number of furan rings is 1. The van der Waals surface area contributed by atoms with E-state index in [9.17, 15) is 22.9 Å². The van der Waals surface area contributed by atoms with E-state index in [4.69, 9.17) is 4.42 Å². The van der Waals surface area contributed by atoms with Gasteiger partial charge in [0.15, 0.2) is 4.90 Å². The molecule has 0 fully saturated rings. The van der Waals surface area contributed by atoms with Gasteiger partial charge < -0.3 is 4.42 Å². The Hall–Kier alpha value is -2.72. The molecule has 1 heterocycles. The van der Waals surface area contributed by atoms with Crippen molar-refractivity contribution in [3.05, 3.63) is 87.0 Å². The summed E-state index contributed by atoms with van der Waals surface area (Å²) in [5.74, 6) is -0.635. The van der Waals surface area contributed by atoms with E-state index in [1.54, 1.807) is 6.07 Å². The van der Waals surface area contributed by atoms with Gasteiger partial charge in [-0.05, 0) is 58.2 Å². The zero-order valence-corrected chi connectivity index (χ0v) is 16.7. The van der Waals surface area contributed by atoms with Crippen LogP contribution in [0.1, 0.15) is 5.56 Å². The number of rotatable bonds is 7. The first-order chi connectivity index (χ1) is 13.3. The quantitative estimate of drug-likeness (QED) is 0.375. The molecule has 0 saturated carbocycles. The SMILES string of the molecule is O=[N+]([O-])c1ccccc1S(=O)(=O)N(CCc1ccoc1)c1cc(F)ccc1Br. The van der Waals surface area contributed by atoms with Crippen molar-refractivity contribution in [2.45, 2.75) is 11.3 Å². The van der Waals surface area contributed by atoms with E-state index >= 15 is 0 Å². The zero-order valence-electron chi connectivity index (χ0n) is 14.3. The molecule has 0 radical (unpaired) electrons. The molecule has 28 heavy (non-hydrogen) atoms. The second-order valence-electron chi connectivity index (χ2n) is 5.78. The first-order valence-corrected chi connectivity index (χ1v) is 10.3. The highest BCUT2D eigenvalue weighted by molar-refractivity contribution is 9.10. The summed E-state index contributed by atoms with van der Waals surface area (Å²) in [6.07, 6.45) is 3.18. The molecule has 0 N–H and O–H groups in total. The van der Waals surface area contributed by atoms with Crippen molar-refractivity contribution in [1.82, 2.24) is 0 Å². The van der Waals surface area contributed by atoms with Crippen LogP contribution in [-0.2, 0) is 16.4 Å². The number of sulfonamides is 1. The number of hydrogen-bond acceptors (Lipinski definition) is 5. The van der Waals surface area contributed by atoms with Crippen LogP contribution in [-0.4, -0.2) is 19.9 Å². The number of halogens is 2. The molecule has 0 amide bonds. The van der Waals surface area contributed by atoms with Crippen molar-refractivity contribution < 1.29 is 22.1 Å². The van der Waals surface area contributed by atoms with Crippen molar-refractivity contribution in [3.8, 4) is 0 Å². The maximum Gasteiger partial charge on any atom is 0.289 e. The third-order valence-corrected chi connectivity index (χ3v) is 6.52. The van der Waals surface area contributed by atoms with Crippen LogP contribution in [0.3, 0.4) is 0 Å². The van der Waals surface area contributed by atoms with E-state index in [-0.39, 0.29) is 18.7 Å². The van der Waals surface area contributed by atoms with Crippen molar-refractivity contribution in [2.24, 2.45) is 0 Å². The molecule has 1 aromatic heterocycles. The molecule has 0 bridgehead atoms. The number of anilines is 1. The Morgan fingerprint density at radius 2 is 1.93 bits per heavy atom. The van der Waals surface area contributed by atoms with Crippen LogP contribution in [0.2, 0.25) is 0 Å². The summed E-state index contributed by atoms with van der Waals surface area (Å²) in [5.41, 5.74) is 0.222. The number of nitrogens with zero attached hydrogens (tertiary/aromatic N) is 2. The Morgan fingerprint density at radius 1 is 1.18 bits per heavy atom. The lowest BCUT2D eigenvalue weighted by Gasteiger charge is -2.25. The minimum Gasteiger partial charge on any atom is -0.472 e. The molecule has 0 aliphatic heterocycles. The third kappa shape index (κ3) is 4.07. The van der Waals surface area contributed by atoms with Gasteiger partial charge in [0.1, 0.15) is 5.82 Å². The number of para-hydroxylation sites is 1. The van der Waals surface area contributed by atoms with E-state index in [1.165, 1.54) is 36.8 Å². The number of hydrogen-bond donors (Lipinski definition) is 0. The smallest absolute Gasteiger partial charge is 0.289 e. The summed E-state index contributed by atoms with van der Waals surface area (Å²) in [6.45, 7) is -0.0734. The van der Waals surface area contributed by atoms with E-state index in [1.807, 2.05) is 0 Å². The van der Waals surface area contributed by atoms with Crippen LogP contribution in [0.4, 0.5) is 15.8 Å². The Labute approximate surface area is 168 Å². The van der Waals surface area contributed by atoms with E-state index in [0.717, 1.165) is 28.1 Å².